The van der Waals surface area contributed by atoms with Crippen molar-refractivity contribution in [1.29, 1.82) is 0 Å². The molecule has 0 bridgehead atoms. The Morgan fingerprint density at radius 1 is 1.50 bits per heavy atom. The van der Waals surface area contributed by atoms with Crippen LogP contribution in [0, 0.1) is 5.41 Å². The second-order valence-corrected chi connectivity index (χ2v) is 5.20. The first-order valence-corrected chi connectivity index (χ1v) is 6.01. The van der Waals surface area contributed by atoms with Crippen LogP contribution < -0.4 is 10.6 Å². The standard InChI is InChI=1S/C12H24N2O.ClH/c1-5-12(3,4)11(15)14-10-7-6-8-13-9(10)2;/h9-10,13H,5-8H2,1-4H3,(H,14,15);1H. The third-order valence-electron chi connectivity index (χ3n) is 3.58. The number of carbonyl (C=O) groups excluding carboxylic acids is 1. The fourth-order valence-electron chi connectivity index (χ4n) is 1.77. The first-order valence-electron chi connectivity index (χ1n) is 6.01. The number of nitrogens with one attached hydrogen (secondary N) is 2. The van der Waals surface area contributed by atoms with Gasteiger partial charge in [-0.15, -0.1) is 12.4 Å². The fraction of sp³-hybridized carbons (Fsp3) is 0.917. The summed E-state index contributed by atoms with van der Waals surface area (Å²) in [6, 6.07) is 0.701. The lowest BCUT2D eigenvalue weighted by molar-refractivity contribution is -0.130. The number of amides is 1. The van der Waals surface area contributed by atoms with Crippen molar-refractivity contribution in [2.75, 3.05) is 6.54 Å². The monoisotopic (exact) mass is 248 g/mol. The lowest BCUT2D eigenvalue weighted by Crippen LogP contribution is -2.54. The van der Waals surface area contributed by atoms with Crippen LogP contribution in [0.3, 0.4) is 0 Å². The molecular weight excluding hydrogens is 224 g/mol. The molecule has 1 saturated heterocycles. The maximum absolute atomic E-state index is 12.0. The van der Waals surface area contributed by atoms with Gasteiger partial charge in [0.1, 0.15) is 0 Å². The van der Waals surface area contributed by atoms with E-state index in [0.29, 0.717) is 12.1 Å². The second-order valence-electron chi connectivity index (χ2n) is 5.20. The highest BCUT2D eigenvalue weighted by Gasteiger charge is 2.29. The summed E-state index contributed by atoms with van der Waals surface area (Å²) in [6.07, 6.45) is 3.13. The van der Waals surface area contributed by atoms with Crippen LogP contribution in [0.2, 0.25) is 0 Å². The molecule has 1 rings (SSSR count). The van der Waals surface area contributed by atoms with Gasteiger partial charge in [0.2, 0.25) is 5.91 Å². The average Bonchev–Trinajstić information content (AvgIpc) is 2.21. The summed E-state index contributed by atoms with van der Waals surface area (Å²) < 4.78 is 0. The number of carbonyl (C=O) groups is 1. The molecule has 2 atom stereocenters. The Morgan fingerprint density at radius 3 is 2.62 bits per heavy atom. The molecule has 2 unspecified atom stereocenters. The Labute approximate surface area is 105 Å². The van der Waals surface area contributed by atoms with Gasteiger partial charge in [0, 0.05) is 17.5 Å². The van der Waals surface area contributed by atoms with Gasteiger partial charge in [-0.25, -0.2) is 0 Å². The molecule has 0 radical (unpaired) electrons. The zero-order chi connectivity index (χ0) is 11.5. The van der Waals surface area contributed by atoms with Crippen molar-refractivity contribution >= 4 is 18.3 Å². The van der Waals surface area contributed by atoms with Gasteiger partial charge >= 0.3 is 0 Å². The van der Waals surface area contributed by atoms with Gasteiger partial charge in [-0.05, 0) is 32.7 Å². The molecule has 2 N–H and O–H groups in total. The summed E-state index contributed by atoms with van der Waals surface area (Å²) in [7, 11) is 0. The average molecular weight is 249 g/mol. The molecule has 0 aromatic heterocycles. The van der Waals surface area contributed by atoms with Crippen molar-refractivity contribution in [3.63, 3.8) is 0 Å². The predicted molar refractivity (Wildman–Crippen MR) is 69.9 cm³/mol. The van der Waals surface area contributed by atoms with Crippen LogP contribution in [0.5, 0.6) is 0 Å². The third kappa shape index (κ3) is 3.95. The van der Waals surface area contributed by atoms with Gasteiger partial charge in [0.15, 0.2) is 0 Å². The van der Waals surface area contributed by atoms with Crippen LogP contribution in [-0.2, 0) is 4.79 Å². The summed E-state index contributed by atoms with van der Waals surface area (Å²) >= 11 is 0. The third-order valence-corrected chi connectivity index (χ3v) is 3.58. The minimum atomic E-state index is -0.239. The zero-order valence-corrected chi connectivity index (χ0v) is 11.6. The van der Waals surface area contributed by atoms with E-state index in [4.69, 9.17) is 0 Å². The topological polar surface area (TPSA) is 41.1 Å². The van der Waals surface area contributed by atoms with Crippen LogP contribution in [0.25, 0.3) is 0 Å². The molecule has 0 aromatic rings. The smallest absolute Gasteiger partial charge is 0.225 e. The Kier molecular flexibility index (Phi) is 6.34. The molecule has 1 amide bonds. The van der Waals surface area contributed by atoms with E-state index >= 15 is 0 Å². The second kappa shape index (κ2) is 6.45. The van der Waals surface area contributed by atoms with Crippen LogP contribution in [0.4, 0.5) is 0 Å². The Bertz CT molecular complexity index is 231. The Balaban J connectivity index is 0.00000225. The molecule has 16 heavy (non-hydrogen) atoms. The Hall–Kier alpha value is -0.280. The van der Waals surface area contributed by atoms with Gasteiger partial charge in [-0.3, -0.25) is 4.79 Å². The van der Waals surface area contributed by atoms with Gasteiger partial charge in [0.05, 0.1) is 0 Å². The molecule has 0 aromatic carbocycles. The van der Waals surface area contributed by atoms with E-state index in [2.05, 4.69) is 24.5 Å². The van der Waals surface area contributed by atoms with Crippen molar-refractivity contribution in [2.45, 2.75) is 59.0 Å². The highest BCUT2D eigenvalue weighted by molar-refractivity contribution is 5.85. The minimum Gasteiger partial charge on any atom is -0.351 e. The van der Waals surface area contributed by atoms with Crippen LogP contribution in [0.1, 0.15) is 47.0 Å². The van der Waals surface area contributed by atoms with E-state index in [1.165, 1.54) is 0 Å². The summed E-state index contributed by atoms with van der Waals surface area (Å²) in [5.41, 5.74) is -0.239. The van der Waals surface area contributed by atoms with Gasteiger partial charge in [-0.2, -0.15) is 0 Å². The molecule has 96 valence electrons. The zero-order valence-electron chi connectivity index (χ0n) is 10.8. The van der Waals surface area contributed by atoms with E-state index in [1.54, 1.807) is 0 Å². The maximum Gasteiger partial charge on any atom is 0.225 e. The van der Waals surface area contributed by atoms with Crippen molar-refractivity contribution in [1.82, 2.24) is 10.6 Å². The normalized spacial score (nSPS) is 25.8. The number of halogens is 1. The van der Waals surface area contributed by atoms with Crippen molar-refractivity contribution in [3.05, 3.63) is 0 Å². The van der Waals surface area contributed by atoms with Crippen molar-refractivity contribution < 1.29 is 4.79 Å². The molecule has 0 saturated carbocycles. The summed E-state index contributed by atoms with van der Waals surface area (Å²) in [5, 5.41) is 6.55. The van der Waals surface area contributed by atoms with Crippen LogP contribution >= 0.6 is 12.4 Å². The molecule has 0 aliphatic carbocycles. The summed E-state index contributed by atoms with van der Waals surface area (Å²) in [5.74, 6) is 0.186. The minimum absolute atomic E-state index is 0. The first-order chi connectivity index (χ1) is 6.97. The number of piperidine rings is 1. The van der Waals surface area contributed by atoms with E-state index in [0.717, 1.165) is 25.8 Å². The maximum atomic E-state index is 12.0. The van der Waals surface area contributed by atoms with E-state index in [9.17, 15) is 4.79 Å². The van der Waals surface area contributed by atoms with E-state index in [1.807, 2.05) is 13.8 Å². The first kappa shape index (κ1) is 15.7. The van der Waals surface area contributed by atoms with Gasteiger partial charge in [-0.1, -0.05) is 20.8 Å². The number of hydrogen-bond acceptors (Lipinski definition) is 2. The van der Waals surface area contributed by atoms with Crippen LogP contribution in [-0.4, -0.2) is 24.5 Å². The van der Waals surface area contributed by atoms with E-state index in [-0.39, 0.29) is 23.7 Å². The fourth-order valence-corrected chi connectivity index (χ4v) is 1.77. The predicted octanol–water partition coefficient (Wildman–Crippen LogP) is 2.10. The quantitative estimate of drug-likeness (QED) is 0.803. The van der Waals surface area contributed by atoms with Crippen molar-refractivity contribution in [3.8, 4) is 0 Å². The Morgan fingerprint density at radius 2 is 2.12 bits per heavy atom. The molecule has 1 aliphatic heterocycles. The SMILES string of the molecule is CCC(C)(C)C(=O)NC1CCCNC1C.Cl. The summed E-state index contributed by atoms with van der Waals surface area (Å²) in [6.45, 7) is 9.28. The largest absolute Gasteiger partial charge is 0.351 e. The van der Waals surface area contributed by atoms with Gasteiger partial charge in [0.25, 0.3) is 0 Å². The van der Waals surface area contributed by atoms with Crippen LogP contribution in [0.15, 0.2) is 0 Å². The molecular formula is C12H25ClN2O. The lowest BCUT2D eigenvalue weighted by atomic mass is 9.88. The summed E-state index contributed by atoms with van der Waals surface area (Å²) in [4.78, 5) is 12.0. The van der Waals surface area contributed by atoms with E-state index < -0.39 is 0 Å². The van der Waals surface area contributed by atoms with Crippen molar-refractivity contribution in [2.24, 2.45) is 5.41 Å². The molecule has 0 spiro atoms. The lowest BCUT2D eigenvalue weighted by Gasteiger charge is -2.33. The molecule has 4 heteroatoms. The number of rotatable bonds is 3. The van der Waals surface area contributed by atoms with Gasteiger partial charge < -0.3 is 10.6 Å². The molecule has 1 aliphatic rings. The number of hydrogen-bond donors (Lipinski definition) is 2. The molecule has 3 nitrogen and oxygen atoms in total. The molecule has 1 heterocycles. The highest BCUT2D eigenvalue weighted by atomic mass is 35.5. The highest BCUT2D eigenvalue weighted by Crippen LogP contribution is 2.20. The molecule has 1 fully saturated rings.